The third-order valence-electron chi connectivity index (χ3n) is 4.47. The molecule has 3 atom stereocenters. The van der Waals surface area contributed by atoms with E-state index in [1.807, 2.05) is 0 Å². The fourth-order valence-electron chi connectivity index (χ4n) is 3.32. The zero-order chi connectivity index (χ0) is 13.3. The number of carboxylic acid groups (broad SMARTS) is 1. The second-order valence-electron chi connectivity index (χ2n) is 6.66. The van der Waals surface area contributed by atoms with Gasteiger partial charge in [-0.1, -0.05) is 13.8 Å². The lowest BCUT2D eigenvalue weighted by atomic mass is 9.92. The Morgan fingerprint density at radius 1 is 1.17 bits per heavy atom. The summed E-state index contributed by atoms with van der Waals surface area (Å²) in [6.45, 7) is 4.46. The molecule has 4 heteroatoms. The lowest BCUT2D eigenvalue weighted by molar-refractivity contribution is -0.141. The first-order valence-corrected chi connectivity index (χ1v) is 6.90. The van der Waals surface area contributed by atoms with Crippen LogP contribution in [-0.2, 0) is 9.59 Å². The minimum atomic E-state index is -0.757. The molecule has 0 heterocycles. The Balaban J connectivity index is 1.81. The Kier molecular flexibility index (Phi) is 3.64. The Bertz CT molecular complexity index is 351. The molecule has 2 saturated carbocycles. The average molecular weight is 253 g/mol. The van der Waals surface area contributed by atoms with Gasteiger partial charge in [0.15, 0.2) is 0 Å². The monoisotopic (exact) mass is 253 g/mol. The van der Waals surface area contributed by atoms with E-state index in [1.54, 1.807) is 0 Å². The highest BCUT2D eigenvalue weighted by atomic mass is 16.4. The number of aliphatic carboxylic acids is 1. The molecule has 2 fully saturated rings. The van der Waals surface area contributed by atoms with E-state index in [2.05, 4.69) is 19.2 Å². The molecule has 0 aliphatic heterocycles. The van der Waals surface area contributed by atoms with Crippen LogP contribution in [0.1, 0.15) is 52.4 Å². The summed E-state index contributed by atoms with van der Waals surface area (Å²) in [5.74, 6) is -1.09. The van der Waals surface area contributed by atoms with Crippen molar-refractivity contribution >= 4 is 11.9 Å². The van der Waals surface area contributed by atoms with Crippen LogP contribution in [0.5, 0.6) is 0 Å². The molecule has 0 aromatic heterocycles. The number of carbonyl (C=O) groups excluding carboxylic acids is 1. The van der Waals surface area contributed by atoms with Gasteiger partial charge in [-0.2, -0.15) is 0 Å². The lowest BCUT2D eigenvalue weighted by Crippen LogP contribution is -2.37. The second kappa shape index (κ2) is 4.90. The fourth-order valence-corrected chi connectivity index (χ4v) is 3.32. The normalized spacial score (nSPS) is 34.4. The molecular weight excluding hydrogens is 230 g/mol. The molecule has 0 spiro atoms. The summed E-state index contributed by atoms with van der Waals surface area (Å²) in [6.07, 6.45) is 5.11. The van der Waals surface area contributed by atoms with Gasteiger partial charge in [0.2, 0.25) is 5.91 Å². The SMILES string of the molecule is CC1(C)CCC(NC(=O)C2CCC(C(=O)O)C2)C1. The van der Waals surface area contributed by atoms with Gasteiger partial charge in [0.1, 0.15) is 0 Å². The van der Waals surface area contributed by atoms with Crippen molar-refractivity contribution in [3.05, 3.63) is 0 Å². The predicted octanol–water partition coefficient (Wildman–Crippen LogP) is 2.18. The maximum absolute atomic E-state index is 12.1. The van der Waals surface area contributed by atoms with Gasteiger partial charge in [0, 0.05) is 12.0 Å². The summed E-state index contributed by atoms with van der Waals surface area (Å²) in [5.41, 5.74) is 0.331. The van der Waals surface area contributed by atoms with Crippen LogP contribution in [0.3, 0.4) is 0 Å². The van der Waals surface area contributed by atoms with Gasteiger partial charge in [-0.25, -0.2) is 0 Å². The van der Waals surface area contributed by atoms with Crippen LogP contribution in [0.15, 0.2) is 0 Å². The van der Waals surface area contributed by atoms with Crippen LogP contribution < -0.4 is 5.32 Å². The van der Waals surface area contributed by atoms with Gasteiger partial charge in [-0.05, 0) is 43.9 Å². The van der Waals surface area contributed by atoms with Crippen molar-refractivity contribution in [1.29, 1.82) is 0 Å². The Morgan fingerprint density at radius 2 is 1.83 bits per heavy atom. The number of amides is 1. The summed E-state index contributed by atoms with van der Waals surface area (Å²) < 4.78 is 0. The van der Waals surface area contributed by atoms with E-state index in [4.69, 9.17) is 5.11 Å². The first-order chi connectivity index (χ1) is 8.37. The average Bonchev–Trinajstić information content (AvgIpc) is 2.85. The largest absolute Gasteiger partial charge is 0.481 e. The highest BCUT2D eigenvalue weighted by Gasteiger charge is 2.36. The lowest BCUT2D eigenvalue weighted by Gasteiger charge is -2.19. The smallest absolute Gasteiger partial charge is 0.306 e. The minimum absolute atomic E-state index is 0.0708. The molecule has 0 radical (unpaired) electrons. The van der Waals surface area contributed by atoms with E-state index < -0.39 is 5.97 Å². The summed E-state index contributed by atoms with van der Waals surface area (Å²) in [7, 11) is 0. The first-order valence-electron chi connectivity index (χ1n) is 6.90. The van der Waals surface area contributed by atoms with Crippen molar-refractivity contribution < 1.29 is 14.7 Å². The third kappa shape index (κ3) is 3.03. The highest BCUT2D eigenvalue weighted by Crippen LogP contribution is 2.37. The van der Waals surface area contributed by atoms with E-state index in [-0.39, 0.29) is 23.8 Å². The number of carbonyl (C=O) groups is 2. The number of nitrogens with one attached hydrogen (secondary N) is 1. The number of rotatable bonds is 3. The van der Waals surface area contributed by atoms with Gasteiger partial charge < -0.3 is 10.4 Å². The minimum Gasteiger partial charge on any atom is -0.481 e. The van der Waals surface area contributed by atoms with E-state index in [1.165, 1.54) is 0 Å². The number of hydrogen-bond acceptors (Lipinski definition) is 2. The summed E-state index contributed by atoms with van der Waals surface area (Å²) in [4.78, 5) is 22.9. The molecule has 0 saturated heterocycles. The molecule has 4 nitrogen and oxygen atoms in total. The number of hydrogen-bond donors (Lipinski definition) is 2. The van der Waals surface area contributed by atoms with Crippen LogP contribution in [0.25, 0.3) is 0 Å². The van der Waals surface area contributed by atoms with Crippen LogP contribution >= 0.6 is 0 Å². The van der Waals surface area contributed by atoms with Gasteiger partial charge >= 0.3 is 5.97 Å². The molecule has 0 aromatic rings. The van der Waals surface area contributed by atoms with Crippen LogP contribution in [0.2, 0.25) is 0 Å². The van der Waals surface area contributed by atoms with Gasteiger partial charge in [0.25, 0.3) is 0 Å². The van der Waals surface area contributed by atoms with E-state index in [0.717, 1.165) is 25.7 Å². The summed E-state index contributed by atoms with van der Waals surface area (Å²) in [6, 6.07) is 0.288. The van der Waals surface area contributed by atoms with E-state index in [0.29, 0.717) is 18.3 Å². The maximum Gasteiger partial charge on any atom is 0.306 e. The standard InChI is InChI=1S/C14H23NO3/c1-14(2)6-5-11(8-14)15-12(16)9-3-4-10(7-9)13(17)18/h9-11H,3-8H2,1-2H3,(H,15,16)(H,17,18). The molecule has 2 aliphatic carbocycles. The van der Waals surface area contributed by atoms with Crippen LogP contribution in [-0.4, -0.2) is 23.0 Å². The molecule has 3 unspecified atom stereocenters. The topological polar surface area (TPSA) is 66.4 Å². The molecule has 0 aromatic carbocycles. The van der Waals surface area contributed by atoms with E-state index in [9.17, 15) is 9.59 Å². The number of carboxylic acids is 1. The van der Waals surface area contributed by atoms with Crippen molar-refractivity contribution in [2.75, 3.05) is 0 Å². The van der Waals surface area contributed by atoms with Gasteiger partial charge in [-0.3, -0.25) is 9.59 Å². The zero-order valence-electron chi connectivity index (χ0n) is 11.2. The van der Waals surface area contributed by atoms with Gasteiger partial charge in [-0.15, -0.1) is 0 Å². The van der Waals surface area contributed by atoms with Crippen LogP contribution in [0, 0.1) is 17.3 Å². The molecule has 2 N–H and O–H groups in total. The van der Waals surface area contributed by atoms with Crippen molar-refractivity contribution in [1.82, 2.24) is 5.32 Å². The molecular formula is C14H23NO3. The molecule has 1 amide bonds. The Morgan fingerprint density at radius 3 is 2.33 bits per heavy atom. The molecule has 2 rings (SSSR count). The Labute approximate surface area is 108 Å². The second-order valence-corrected chi connectivity index (χ2v) is 6.66. The summed E-state index contributed by atoms with van der Waals surface area (Å²) >= 11 is 0. The fraction of sp³-hybridized carbons (Fsp3) is 0.857. The van der Waals surface area contributed by atoms with Crippen molar-refractivity contribution in [2.24, 2.45) is 17.3 Å². The van der Waals surface area contributed by atoms with E-state index >= 15 is 0 Å². The molecule has 2 aliphatic rings. The molecule has 18 heavy (non-hydrogen) atoms. The maximum atomic E-state index is 12.1. The van der Waals surface area contributed by atoms with Gasteiger partial charge in [0.05, 0.1) is 5.92 Å². The van der Waals surface area contributed by atoms with Crippen molar-refractivity contribution in [3.8, 4) is 0 Å². The van der Waals surface area contributed by atoms with Crippen molar-refractivity contribution in [3.63, 3.8) is 0 Å². The first kappa shape index (κ1) is 13.4. The molecule has 102 valence electrons. The van der Waals surface area contributed by atoms with Crippen molar-refractivity contribution in [2.45, 2.75) is 58.4 Å². The quantitative estimate of drug-likeness (QED) is 0.810. The molecule has 0 bridgehead atoms. The predicted molar refractivity (Wildman–Crippen MR) is 68.0 cm³/mol. The summed E-state index contributed by atoms with van der Waals surface area (Å²) in [5, 5.41) is 12.0. The van der Waals surface area contributed by atoms with Crippen LogP contribution in [0.4, 0.5) is 0 Å². The zero-order valence-corrected chi connectivity index (χ0v) is 11.2. The third-order valence-corrected chi connectivity index (χ3v) is 4.47. The highest BCUT2D eigenvalue weighted by molar-refractivity contribution is 5.81. The Hall–Kier alpha value is -1.06.